The van der Waals surface area contributed by atoms with Gasteiger partial charge in [0.2, 0.25) is 5.88 Å². The fourth-order valence-electron chi connectivity index (χ4n) is 6.04. The highest BCUT2D eigenvalue weighted by Crippen LogP contribution is 2.30. The van der Waals surface area contributed by atoms with Crippen LogP contribution in [0.5, 0.6) is 5.88 Å². The van der Waals surface area contributed by atoms with E-state index in [1.807, 2.05) is 48.5 Å². The van der Waals surface area contributed by atoms with Crippen LogP contribution in [0.2, 0.25) is 5.02 Å². The molecule has 2 aromatic carbocycles. The van der Waals surface area contributed by atoms with E-state index in [1.54, 1.807) is 12.3 Å². The SMILES string of the molecule is COC(=O)c1ccc2nc(CC3CCN(c4cccc(OCc5ccc(Cl)c6ccoc56)n4)CC3)n(C[C@@H]3CCO3)c2c1. The molecule has 0 aliphatic carbocycles. The summed E-state index contributed by atoms with van der Waals surface area (Å²) in [5, 5.41) is 1.54. The summed E-state index contributed by atoms with van der Waals surface area (Å²) in [4.78, 5) is 24.3. The minimum absolute atomic E-state index is 0.185. The molecule has 10 heteroatoms. The molecular weight excluding hydrogens is 568 g/mol. The van der Waals surface area contributed by atoms with Crippen LogP contribution in [0.25, 0.3) is 22.0 Å². The van der Waals surface area contributed by atoms with E-state index < -0.39 is 0 Å². The Morgan fingerprint density at radius 1 is 1.07 bits per heavy atom. The first-order chi connectivity index (χ1) is 21.1. The number of rotatable bonds is 9. The van der Waals surface area contributed by atoms with E-state index in [9.17, 15) is 4.79 Å². The van der Waals surface area contributed by atoms with Gasteiger partial charge in [0.25, 0.3) is 0 Å². The van der Waals surface area contributed by atoms with E-state index in [1.165, 1.54) is 7.11 Å². The van der Waals surface area contributed by atoms with Crippen molar-refractivity contribution in [2.75, 3.05) is 31.7 Å². The Hall–Kier alpha value is -4.08. The van der Waals surface area contributed by atoms with Crippen molar-refractivity contribution in [3.8, 4) is 5.88 Å². The van der Waals surface area contributed by atoms with Gasteiger partial charge >= 0.3 is 5.97 Å². The molecule has 2 aliphatic heterocycles. The molecule has 9 nitrogen and oxygen atoms in total. The number of carbonyl (C=O) groups excluding carboxylic acids is 1. The number of esters is 1. The van der Waals surface area contributed by atoms with Gasteiger partial charge in [-0.25, -0.2) is 9.78 Å². The summed E-state index contributed by atoms with van der Waals surface area (Å²) in [5.41, 5.74) is 4.05. The van der Waals surface area contributed by atoms with E-state index in [0.29, 0.717) is 29.0 Å². The average Bonchev–Trinajstić information content (AvgIpc) is 3.64. The number of imidazole rings is 1. The number of piperidine rings is 1. The van der Waals surface area contributed by atoms with Crippen molar-refractivity contribution >= 4 is 45.4 Å². The lowest BCUT2D eigenvalue weighted by Gasteiger charge is -2.33. The number of ether oxygens (including phenoxy) is 3. The summed E-state index contributed by atoms with van der Waals surface area (Å²) in [6.45, 7) is 3.70. The topological polar surface area (TPSA) is 91.9 Å². The van der Waals surface area contributed by atoms with Gasteiger partial charge < -0.3 is 28.1 Å². The molecule has 0 saturated carbocycles. The molecule has 1 atom stereocenters. The van der Waals surface area contributed by atoms with Crippen LogP contribution in [0.1, 0.15) is 41.0 Å². The molecule has 5 heterocycles. The lowest BCUT2D eigenvalue weighted by atomic mass is 9.93. The molecule has 5 aromatic rings. The Kier molecular flexibility index (Phi) is 7.67. The van der Waals surface area contributed by atoms with Crippen molar-refractivity contribution in [1.29, 1.82) is 0 Å². The number of methoxy groups -OCH3 is 1. The number of hydrogen-bond donors (Lipinski definition) is 0. The number of nitrogens with zero attached hydrogens (tertiary/aromatic N) is 4. The number of carbonyl (C=O) groups is 1. The van der Waals surface area contributed by atoms with E-state index in [0.717, 1.165) is 91.1 Å². The van der Waals surface area contributed by atoms with Gasteiger partial charge in [-0.15, -0.1) is 0 Å². The van der Waals surface area contributed by atoms with Crippen molar-refractivity contribution in [2.24, 2.45) is 5.92 Å². The Bertz CT molecular complexity index is 1770. The fraction of sp³-hybridized carbons (Fsp3) is 0.364. The quantitative estimate of drug-likeness (QED) is 0.178. The largest absolute Gasteiger partial charge is 0.473 e. The zero-order valence-electron chi connectivity index (χ0n) is 24.0. The van der Waals surface area contributed by atoms with E-state index >= 15 is 0 Å². The first-order valence-electron chi connectivity index (χ1n) is 14.7. The molecule has 2 saturated heterocycles. The Labute approximate surface area is 254 Å². The van der Waals surface area contributed by atoms with Crippen LogP contribution < -0.4 is 9.64 Å². The maximum absolute atomic E-state index is 12.2. The molecule has 7 rings (SSSR count). The van der Waals surface area contributed by atoms with Crippen molar-refractivity contribution in [1.82, 2.24) is 14.5 Å². The van der Waals surface area contributed by atoms with Crippen LogP contribution in [0, 0.1) is 5.92 Å². The highest BCUT2D eigenvalue weighted by atomic mass is 35.5. The summed E-state index contributed by atoms with van der Waals surface area (Å²) in [7, 11) is 1.40. The lowest BCUT2D eigenvalue weighted by molar-refractivity contribution is -0.0590. The highest BCUT2D eigenvalue weighted by molar-refractivity contribution is 6.35. The molecule has 0 spiro atoms. The number of halogens is 1. The minimum atomic E-state index is -0.341. The van der Waals surface area contributed by atoms with Gasteiger partial charge in [-0.2, -0.15) is 4.98 Å². The smallest absolute Gasteiger partial charge is 0.337 e. The van der Waals surface area contributed by atoms with Gasteiger partial charge in [0.15, 0.2) is 0 Å². The van der Waals surface area contributed by atoms with Crippen LogP contribution in [-0.2, 0) is 29.0 Å². The third kappa shape index (κ3) is 5.67. The molecule has 0 amide bonds. The fourth-order valence-corrected chi connectivity index (χ4v) is 6.26. The van der Waals surface area contributed by atoms with Gasteiger partial charge in [-0.05, 0) is 61.6 Å². The molecule has 2 aliphatic rings. The van der Waals surface area contributed by atoms with Crippen LogP contribution >= 0.6 is 11.6 Å². The van der Waals surface area contributed by atoms with Crippen molar-refractivity contribution in [2.45, 2.75) is 44.9 Å². The number of benzene rings is 2. The van der Waals surface area contributed by atoms with Crippen LogP contribution in [-0.4, -0.2) is 53.4 Å². The third-order valence-electron chi connectivity index (χ3n) is 8.57. The standard InChI is InChI=1S/C33H33ClN4O5/c1-40-33(39)22-6-8-27-28(18-22)38(19-24-11-15-41-24)30(35-27)17-21-9-13-37(14-10-21)29-3-2-4-31(36-29)43-20-23-5-7-26(34)25-12-16-42-32(23)25/h2-8,12,16,18,21,24H,9-11,13-15,17,19-20H2,1H3/t24-/m0/s1. The average molecular weight is 601 g/mol. The number of pyridine rings is 1. The summed E-state index contributed by atoms with van der Waals surface area (Å²) in [6, 6.07) is 17.2. The molecule has 0 N–H and O–H groups in total. The van der Waals surface area contributed by atoms with Crippen LogP contribution in [0.4, 0.5) is 5.82 Å². The number of hydrogen-bond acceptors (Lipinski definition) is 8. The predicted octanol–water partition coefficient (Wildman–Crippen LogP) is 6.44. The molecule has 3 aromatic heterocycles. The second kappa shape index (κ2) is 11.9. The molecule has 222 valence electrons. The highest BCUT2D eigenvalue weighted by Gasteiger charge is 2.26. The molecule has 43 heavy (non-hydrogen) atoms. The van der Waals surface area contributed by atoms with E-state index in [-0.39, 0.29) is 12.1 Å². The van der Waals surface area contributed by atoms with Gasteiger partial charge in [-0.3, -0.25) is 0 Å². The molecule has 2 fully saturated rings. The predicted molar refractivity (Wildman–Crippen MR) is 164 cm³/mol. The number of fused-ring (bicyclic) bond motifs is 2. The zero-order chi connectivity index (χ0) is 29.3. The molecule has 0 bridgehead atoms. The van der Waals surface area contributed by atoms with Gasteiger partial charge in [0, 0.05) is 43.1 Å². The van der Waals surface area contributed by atoms with Crippen molar-refractivity contribution in [3.63, 3.8) is 0 Å². The number of furan rings is 1. The Morgan fingerprint density at radius 3 is 2.72 bits per heavy atom. The summed E-state index contributed by atoms with van der Waals surface area (Å²) in [5.74, 6) is 2.69. The van der Waals surface area contributed by atoms with Gasteiger partial charge in [0.1, 0.15) is 23.8 Å². The van der Waals surface area contributed by atoms with Crippen LogP contribution in [0.15, 0.2) is 65.3 Å². The normalized spacial score (nSPS) is 17.3. The lowest BCUT2D eigenvalue weighted by Crippen LogP contribution is -2.35. The van der Waals surface area contributed by atoms with Gasteiger partial charge in [-0.1, -0.05) is 23.7 Å². The molecule has 0 unspecified atom stereocenters. The monoisotopic (exact) mass is 600 g/mol. The van der Waals surface area contributed by atoms with E-state index in [2.05, 4.69) is 9.47 Å². The van der Waals surface area contributed by atoms with Gasteiger partial charge in [0.05, 0.1) is 47.6 Å². The Morgan fingerprint density at radius 2 is 1.93 bits per heavy atom. The zero-order valence-corrected chi connectivity index (χ0v) is 24.8. The summed E-state index contributed by atoms with van der Waals surface area (Å²) >= 11 is 6.28. The first-order valence-corrected chi connectivity index (χ1v) is 15.1. The van der Waals surface area contributed by atoms with E-state index in [4.69, 9.17) is 40.2 Å². The summed E-state index contributed by atoms with van der Waals surface area (Å²) < 4.78 is 24.7. The summed E-state index contributed by atoms with van der Waals surface area (Å²) in [6.07, 6.45) is 5.81. The van der Waals surface area contributed by atoms with Crippen LogP contribution in [0.3, 0.4) is 0 Å². The number of aromatic nitrogens is 3. The maximum atomic E-state index is 12.2. The third-order valence-corrected chi connectivity index (χ3v) is 8.90. The molecular formula is C33H33ClN4O5. The second-order valence-corrected chi connectivity index (χ2v) is 11.6. The minimum Gasteiger partial charge on any atom is -0.473 e. The number of anilines is 1. The van der Waals surface area contributed by atoms with Crippen molar-refractivity contribution in [3.05, 3.63) is 82.8 Å². The van der Waals surface area contributed by atoms with Crippen molar-refractivity contribution < 1.29 is 23.4 Å². The first kappa shape index (κ1) is 27.7. The maximum Gasteiger partial charge on any atom is 0.337 e. The molecule has 0 radical (unpaired) electrons. The Balaban J connectivity index is 1.01. The second-order valence-electron chi connectivity index (χ2n) is 11.2.